The predicted octanol–water partition coefficient (Wildman–Crippen LogP) is 2.27. The molecule has 1 aromatic carbocycles. The van der Waals surface area contributed by atoms with Crippen LogP contribution in [0.5, 0.6) is 0 Å². The van der Waals surface area contributed by atoms with Crippen LogP contribution in [-0.2, 0) is 10.0 Å². The number of nitrogens with two attached hydrogens (primary N) is 1. The van der Waals surface area contributed by atoms with E-state index in [1.165, 1.54) is 18.9 Å². The van der Waals surface area contributed by atoms with Crippen molar-refractivity contribution in [3.63, 3.8) is 0 Å². The molecule has 0 aliphatic heterocycles. The molecule has 0 unspecified atom stereocenters. The van der Waals surface area contributed by atoms with Crippen LogP contribution in [0.3, 0.4) is 0 Å². The summed E-state index contributed by atoms with van der Waals surface area (Å²) in [6.45, 7) is 0.466. The van der Waals surface area contributed by atoms with Gasteiger partial charge in [0, 0.05) is 16.9 Å². The minimum absolute atomic E-state index is 0.0356. The van der Waals surface area contributed by atoms with E-state index in [0.717, 1.165) is 12.8 Å². The fraction of sp³-hybridized carbons (Fsp3) is 0.500. The van der Waals surface area contributed by atoms with Crippen molar-refractivity contribution in [1.29, 1.82) is 0 Å². The maximum absolute atomic E-state index is 12.4. The van der Waals surface area contributed by atoms with Gasteiger partial charge in [-0.2, -0.15) is 11.8 Å². The van der Waals surface area contributed by atoms with E-state index < -0.39 is 10.0 Å². The number of hydrogen-bond donors (Lipinski definition) is 2. The molecule has 1 aromatic rings. The molecule has 1 aliphatic rings. The zero-order valence-corrected chi connectivity index (χ0v) is 14.4. The van der Waals surface area contributed by atoms with Crippen LogP contribution in [0.15, 0.2) is 29.2 Å². The Hall–Kier alpha value is -0.630. The molecule has 0 bridgehead atoms. The van der Waals surface area contributed by atoms with Gasteiger partial charge in [-0.25, -0.2) is 13.1 Å². The highest BCUT2D eigenvalue weighted by Gasteiger charge is 2.34. The van der Waals surface area contributed by atoms with Crippen LogP contribution in [0, 0.1) is 0 Å². The van der Waals surface area contributed by atoms with E-state index in [2.05, 4.69) is 4.72 Å². The van der Waals surface area contributed by atoms with Gasteiger partial charge < -0.3 is 5.73 Å². The van der Waals surface area contributed by atoms with E-state index in [-0.39, 0.29) is 14.6 Å². The third-order valence-electron chi connectivity index (χ3n) is 3.96. The molecule has 1 saturated carbocycles. The van der Waals surface area contributed by atoms with Crippen molar-refractivity contribution in [2.45, 2.75) is 35.3 Å². The molecule has 0 radical (unpaired) electrons. The Labute approximate surface area is 135 Å². The second-order valence-electron chi connectivity index (χ2n) is 5.31. The molecule has 7 heteroatoms. The van der Waals surface area contributed by atoms with E-state index in [9.17, 15) is 8.42 Å². The number of rotatable bonds is 6. The Morgan fingerprint density at radius 1 is 1.43 bits per heavy atom. The second kappa shape index (κ2) is 6.64. The quantitative estimate of drug-likeness (QED) is 0.775. The highest BCUT2D eigenvalue weighted by Crippen LogP contribution is 2.39. The first kappa shape index (κ1) is 16.7. The molecule has 0 heterocycles. The minimum Gasteiger partial charge on any atom is -0.389 e. The zero-order valence-electron chi connectivity index (χ0n) is 12.0. The third kappa shape index (κ3) is 3.97. The lowest BCUT2D eigenvalue weighted by Crippen LogP contribution is -2.38. The van der Waals surface area contributed by atoms with Crippen LogP contribution in [0.1, 0.15) is 31.2 Å². The van der Waals surface area contributed by atoms with Crippen LogP contribution in [0.25, 0.3) is 0 Å². The van der Waals surface area contributed by atoms with Gasteiger partial charge in [-0.1, -0.05) is 37.2 Å². The molecular formula is C14H20N2O2S3. The van der Waals surface area contributed by atoms with Gasteiger partial charge in [0.15, 0.2) is 0 Å². The first-order valence-electron chi connectivity index (χ1n) is 6.83. The second-order valence-corrected chi connectivity index (χ2v) is 8.79. The van der Waals surface area contributed by atoms with Crippen molar-refractivity contribution >= 4 is 39.0 Å². The summed E-state index contributed by atoms with van der Waals surface area (Å²) in [4.78, 5) is 0.408. The number of thioether (sulfide) groups is 1. The van der Waals surface area contributed by atoms with Crippen LogP contribution in [0.4, 0.5) is 0 Å². The zero-order chi connectivity index (χ0) is 15.5. The topological polar surface area (TPSA) is 72.2 Å². The van der Waals surface area contributed by atoms with E-state index in [0.29, 0.717) is 12.1 Å². The average molecular weight is 345 g/mol. The van der Waals surface area contributed by atoms with Gasteiger partial charge in [0.1, 0.15) is 4.99 Å². The van der Waals surface area contributed by atoms with Gasteiger partial charge in [-0.05, 0) is 31.2 Å². The van der Waals surface area contributed by atoms with E-state index >= 15 is 0 Å². The van der Waals surface area contributed by atoms with Crippen LogP contribution in [-0.4, -0.2) is 31.0 Å². The summed E-state index contributed by atoms with van der Waals surface area (Å²) in [7, 11) is -3.53. The van der Waals surface area contributed by atoms with Crippen LogP contribution >= 0.6 is 24.0 Å². The monoisotopic (exact) mass is 344 g/mol. The summed E-state index contributed by atoms with van der Waals surface area (Å²) in [5, 5.41) is 0. The van der Waals surface area contributed by atoms with Crippen LogP contribution in [0.2, 0.25) is 0 Å². The predicted molar refractivity (Wildman–Crippen MR) is 92.2 cm³/mol. The molecule has 0 spiro atoms. The van der Waals surface area contributed by atoms with Gasteiger partial charge in [-0.15, -0.1) is 0 Å². The van der Waals surface area contributed by atoms with Gasteiger partial charge >= 0.3 is 0 Å². The summed E-state index contributed by atoms with van der Waals surface area (Å²) in [5.74, 6) is 0. The summed E-state index contributed by atoms with van der Waals surface area (Å²) in [6, 6.07) is 6.44. The minimum atomic E-state index is -3.53. The number of nitrogens with one attached hydrogen (secondary N) is 1. The van der Waals surface area contributed by atoms with E-state index in [1.807, 2.05) is 6.26 Å². The lowest BCUT2D eigenvalue weighted by atomic mass is 10.1. The van der Waals surface area contributed by atoms with Crippen molar-refractivity contribution in [3.8, 4) is 0 Å². The standard InChI is InChI=1S/C14H20N2O2S3/c1-20-14(7-2-3-8-14)10-16-21(17,18)12-6-4-5-11(9-12)13(15)19/h4-6,9,16H,2-3,7-8,10H2,1H3,(H2,15,19). The molecule has 4 nitrogen and oxygen atoms in total. The highest BCUT2D eigenvalue weighted by molar-refractivity contribution is 8.00. The Morgan fingerprint density at radius 3 is 2.67 bits per heavy atom. The van der Waals surface area contributed by atoms with E-state index in [4.69, 9.17) is 18.0 Å². The third-order valence-corrected chi connectivity index (χ3v) is 7.01. The lowest BCUT2D eigenvalue weighted by molar-refractivity contribution is 0.551. The molecule has 0 saturated heterocycles. The summed E-state index contributed by atoms with van der Waals surface area (Å²) < 4.78 is 27.6. The fourth-order valence-corrected chi connectivity index (χ4v) is 4.90. The SMILES string of the molecule is CSC1(CNS(=O)(=O)c2cccc(C(N)=S)c2)CCCC1. The van der Waals surface area contributed by atoms with Crippen molar-refractivity contribution in [2.75, 3.05) is 12.8 Å². The largest absolute Gasteiger partial charge is 0.389 e. The molecule has 3 N–H and O–H groups in total. The van der Waals surface area contributed by atoms with Gasteiger partial charge in [-0.3, -0.25) is 0 Å². The number of hydrogen-bond acceptors (Lipinski definition) is 4. The molecule has 0 atom stereocenters. The molecule has 1 fully saturated rings. The Bertz CT molecular complexity index is 623. The lowest BCUT2D eigenvalue weighted by Gasteiger charge is -2.26. The van der Waals surface area contributed by atoms with Crippen molar-refractivity contribution in [2.24, 2.45) is 5.73 Å². The van der Waals surface area contributed by atoms with Gasteiger partial charge in [0.2, 0.25) is 10.0 Å². The van der Waals surface area contributed by atoms with Crippen LogP contribution < -0.4 is 10.5 Å². The average Bonchev–Trinajstić information content (AvgIpc) is 2.95. The maximum atomic E-state index is 12.4. The number of benzene rings is 1. The maximum Gasteiger partial charge on any atom is 0.240 e. The molecule has 1 aliphatic carbocycles. The summed E-state index contributed by atoms with van der Waals surface area (Å²) in [6.07, 6.45) is 6.50. The Morgan fingerprint density at radius 2 is 2.10 bits per heavy atom. The molecule has 2 rings (SSSR count). The van der Waals surface area contributed by atoms with Gasteiger partial charge in [0.05, 0.1) is 4.90 Å². The Kier molecular flexibility index (Phi) is 5.29. The van der Waals surface area contributed by atoms with Crippen molar-refractivity contribution in [1.82, 2.24) is 4.72 Å². The fourth-order valence-electron chi connectivity index (χ4n) is 2.60. The van der Waals surface area contributed by atoms with E-state index in [1.54, 1.807) is 30.0 Å². The summed E-state index contributed by atoms with van der Waals surface area (Å²) in [5.41, 5.74) is 6.12. The highest BCUT2D eigenvalue weighted by atomic mass is 32.2. The Balaban J connectivity index is 2.15. The summed E-state index contributed by atoms with van der Waals surface area (Å²) >= 11 is 6.65. The number of thiocarbonyl (C=S) groups is 1. The molecule has 0 amide bonds. The molecule has 116 valence electrons. The molecule has 21 heavy (non-hydrogen) atoms. The normalized spacial score (nSPS) is 17.8. The molecular weight excluding hydrogens is 324 g/mol. The first-order valence-corrected chi connectivity index (χ1v) is 9.95. The van der Waals surface area contributed by atoms with Crippen molar-refractivity contribution < 1.29 is 8.42 Å². The van der Waals surface area contributed by atoms with Crippen molar-refractivity contribution in [3.05, 3.63) is 29.8 Å². The van der Waals surface area contributed by atoms with Gasteiger partial charge in [0.25, 0.3) is 0 Å². The number of sulfonamides is 1. The smallest absolute Gasteiger partial charge is 0.240 e. The molecule has 0 aromatic heterocycles. The first-order chi connectivity index (χ1) is 9.88.